The maximum absolute atomic E-state index is 13.2. The van der Waals surface area contributed by atoms with Gasteiger partial charge < -0.3 is 10.2 Å². The Morgan fingerprint density at radius 2 is 1.78 bits per heavy atom. The van der Waals surface area contributed by atoms with Crippen LogP contribution in [0.1, 0.15) is 49.3 Å². The van der Waals surface area contributed by atoms with Crippen molar-refractivity contribution in [1.29, 1.82) is 0 Å². The molecule has 0 aliphatic heterocycles. The van der Waals surface area contributed by atoms with Gasteiger partial charge in [-0.05, 0) is 49.9 Å². The highest BCUT2D eigenvalue weighted by Gasteiger charge is 2.28. The molecule has 0 bridgehead atoms. The second-order valence-corrected chi connectivity index (χ2v) is 10.2. The van der Waals surface area contributed by atoms with E-state index in [1.807, 2.05) is 32.0 Å². The van der Waals surface area contributed by atoms with Crippen molar-refractivity contribution < 1.29 is 9.59 Å². The second kappa shape index (κ2) is 12.0. The molecule has 3 rings (SSSR count). The number of carbonyl (C=O) groups excluding carboxylic acids is 2. The summed E-state index contributed by atoms with van der Waals surface area (Å²) in [4.78, 5) is 27.9. The van der Waals surface area contributed by atoms with Gasteiger partial charge in [-0.15, -0.1) is 11.8 Å². The van der Waals surface area contributed by atoms with Gasteiger partial charge in [0.1, 0.15) is 6.04 Å². The molecule has 0 saturated heterocycles. The fourth-order valence-corrected chi connectivity index (χ4v) is 5.62. The van der Waals surface area contributed by atoms with E-state index in [1.165, 1.54) is 11.8 Å². The monoisotopic (exact) mass is 492 g/mol. The average Bonchev–Trinajstić information content (AvgIpc) is 3.26. The number of benzene rings is 2. The van der Waals surface area contributed by atoms with Crippen molar-refractivity contribution in [2.45, 2.75) is 63.9 Å². The minimum absolute atomic E-state index is 0.0752. The van der Waals surface area contributed by atoms with Crippen LogP contribution in [-0.4, -0.2) is 34.6 Å². The van der Waals surface area contributed by atoms with E-state index >= 15 is 0 Å². The lowest BCUT2D eigenvalue weighted by atomic mass is 10.1. The molecular weight excluding hydrogens is 463 g/mol. The zero-order valence-electron chi connectivity index (χ0n) is 18.6. The summed E-state index contributed by atoms with van der Waals surface area (Å²) in [6.07, 6.45) is 4.32. The van der Waals surface area contributed by atoms with Crippen LogP contribution in [0, 0.1) is 6.92 Å². The summed E-state index contributed by atoms with van der Waals surface area (Å²) >= 11 is 14.0. The molecule has 172 valence electrons. The molecule has 1 atom stereocenters. The van der Waals surface area contributed by atoms with Gasteiger partial charge in [0.15, 0.2) is 0 Å². The highest BCUT2D eigenvalue weighted by atomic mass is 35.5. The van der Waals surface area contributed by atoms with E-state index in [9.17, 15) is 9.59 Å². The average molecular weight is 494 g/mol. The summed E-state index contributed by atoms with van der Waals surface area (Å²) in [7, 11) is 0. The lowest BCUT2D eigenvalue weighted by Gasteiger charge is -2.30. The van der Waals surface area contributed by atoms with E-state index in [0.29, 0.717) is 22.3 Å². The molecule has 0 radical (unpaired) electrons. The fourth-order valence-electron chi connectivity index (χ4n) is 3.98. The van der Waals surface area contributed by atoms with E-state index in [4.69, 9.17) is 23.2 Å². The molecule has 1 saturated carbocycles. The molecule has 7 heteroatoms. The Bertz CT molecular complexity index is 927. The van der Waals surface area contributed by atoms with E-state index in [0.717, 1.165) is 42.4 Å². The molecule has 0 aromatic heterocycles. The highest BCUT2D eigenvalue weighted by Crippen LogP contribution is 2.28. The van der Waals surface area contributed by atoms with Crippen LogP contribution in [0.5, 0.6) is 0 Å². The Balaban J connectivity index is 1.68. The van der Waals surface area contributed by atoms with Crippen LogP contribution in [0.3, 0.4) is 0 Å². The Morgan fingerprint density at radius 1 is 1.12 bits per heavy atom. The normalized spacial score (nSPS) is 14.9. The first-order chi connectivity index (χ1) is 15.3. The number of aryl methyl sites for hydroxylation is 1. The fraction of sp³-hybridized carbons (Fsp3) is 0.440. The Kier molecular flexibility index (Phi) is 9.33. The first-order valence-electron chi connectivity index (χ1n) is 11.0. The number of hydrogen-bond acceptors (Lipinski definition) is 3. The van der Waals surface area contributed by atoms with Gasteiger partial charge >= 0.3 is 0 Å². The summed E-state index contributed by atoms with van der Waals surface area (Å²) in [5.41, 5.74) is 2.96. The molecular formula is C25H30Cl2N2O2S. The molecule has 2 aromatic carbocycles. The standard InChI is InChI=1S/C25H30Cl2N2O2S/c1-17-7-5-8-19(13-17)14-29(18(2)25(31)28-20-9-3-4-10-20)24(30)16-32-15-21-22(26)11-6-12-23(21)27/h5-8,11-13,18,20H,3-4,9-10,14-16H2,1-2H3,(H,28,31). The van der Waals surface area contributed by atoms with Gasteiger partial charge in [-0.3, -0.25) is 9.59 Å². The first kappa shape index (κ1) is 24.9. The van der Waals surface area contributed by atoms with Crippen LogP contribution in [0.15, 0.2) is 42.5 Å². The van der Waals surface area contributed by atoms with Crippen LogP contribution in [0.4, 0.5) is 0 Å². The van der Waals surface area contributed by atoms with Gasteiger partial charge in [0.25, 0.3) is 0 Å². The number of amides is 2. The topological polar surface area (TPSA) is 49.4 Å². The Morgan fingerprint density at radius 3 is 2.44 bits per heavy atom. The van der Waals surface area contributed by atoms with E-state index in [1.54, 1.807) is 23.1 Å². The lowest BCUT2D eigenvalue weighted by Crippen LogP contribution is -2.50. The highest BCUT2D eigenvalue weighted by molar-refractivity contribution is 7.99. The predicted molar refractivity (Wildman–Crippen MR) is 134 cm³/mol. The lowest BCUT2D eigenvalue weighted by molar-refractivity contribution is -0.138. The number of nitrogens with zero attached hydrogens (tertiary/aromatic N) is 1. The number of nitrogens with one attached hydrogen (secondary N) is 1. The first-order valence-corrected chi connectivity index (χ1v) is 12.9. The van der Waals surface area contributed by atoms with Crippen molar-refractivity contribution >= 4 is 46.8 Å². The third-order valence-electron chi connectivity index (χ3n) is 5.84. The van der Waals surface area contributed by atoms with Crippen molar-refractivity contribution in [2.24, 2.45) is 0 Å². The van der Waals surface area contributed by atoms with Crippen molar-refractivity contribution in [1.82, 2.24) is 10.2 Å². The zero-order chi connectivity index (χ0) is 23.1. The third kappa shape index (κ3) is 6.90. The Hall–Kier alpha value is -1.69. The molecule has 0 heterocycles. The van der Waals surface area contributed by atoms with E-state index < -0.39 is 6.04 Å². The molecule has 1 N–H and O–H groups in total. The summed E-state index contributed by atoms with van der Waals surface area (Å²) in [5, 5.41) is 4.32. The van der Waals surface area contributed by atoms with Crippen LogP contribution < -0.4 is 5.32 Å². The van der Waals surface area contributed by atoms with Crippen molar-refractivity contribution in [3.63, 3.8) is 0 Å². The molecule has 2 aromatic rings. The maximum atomic E-state index is 13.2. The number of rotatable bonds is 9. The number of halogens is 2. The summed E-state index contributed by atoms with van der Waals surface area (Å²) in [5.74, 6) is 0.616. The number of carbonyl (C=O) groups is 2. The van der Waals surface area contributed by atoms with E-state index in [2.05, 4.69) is 11.4 Å². The predicted octanol–water partition coefficient (Wildman–Crippen LogP) is 6.01. The summed E-state index contributed by atoms with van der Waals surface area (Å²) in [6.45, 7) is 4.23. The van der Waals surface area contributed by atoms with Gasteiger partial charge in [-0.2, -0.15) is 0 Å². The molecule has 2 amide bonds. The van der Waals surface area contributed by atoms with Crippen molar-refractivity contribution in [2.75, 3.05) is 5.75 Å². The molecule has 32 heavy (non-hydrogen) atoms. The molecule has 0 spiro atoms. The van der Waals surface area contributed by atoms with E-state index in [-0.39, 0.29) is 23.6 Å². The van der Waals surface area contributed by atoms with Gasteiger partial charge in [-0.25, -0.2) is 0 Å². The quantitative estimate of drug-likeness (QED) is 0.466. The molecule has 1 aliphatic carbocycles. The van der Waals surface area contributed by atoms with Gasteiger partial charge in [0.2, 0.25) is 11.8 Å². The number of thioether (sulfide) groups is 1. The number of hydrogen-bond donors (Lipinski definition) is 1. The van der Waals surface area contributed by atoms with Crippen LogP contribution in [-0.2, 0) is 21.9 Å². The minimum Gasteiger partial charge on any atom is -0.352 e. The minimum atomic E-state index is -0.548. The van der Waals surface area contributed by atoms with Gasteiger partial charge in [-0.1, -0.05) is 71.9 Å². The van der Waals surface area contributed by atoms with Crippen molar-refractivity contribution in [3.05, 3.63) is 69.2 Å². The largest absolute Gasteiger partial charge is 0.352 e. The van der Waals surface area contributed by atoms with Crippen LogP contribution in [0.2, 0.25) is 10.0 Å². The second-order valence-electron chi connectivity index (χ2n) is 8.37. The molecule has 1 aliphatic rings. The van der Waals surface area contributed by atoms with Crippen molar-refractivity contribution in [3.8, 4) is 0 Å². The van der Waals surface area contributed by atoms with Gasteiger partial charge in [0, 0.05) is 28.4 Å². The third-order valence-corrected chi connectivity index (χ3v) is 7.49. The Labute approximate surface area is 205 Å². The van der Waals surface area contributed by atoms with Crippen LogP contribution >= 0.6 is 35.0 Å². The molecule has 1 fully saturated rings. The SMILES string of the molecule is Cc1cccc(CN(C(=O)CSCc2c(Cl)cccc2Cl)C(C)C(=O)NC2CCCC2)c1. The summed E-state index contributed by atoms with van der Waals surface area (Å²) in [6, 6.07) is 13.1. The maximum Gasteiger partial charge on any atom is 0.242 e. The van der Waals surface area contributed by atoms with Gasteiger partial charge in [0.05, 0.1) is 5.75 Å². The van der Waals surface area contributed by atoms with Crippen LogP contribution in [0.25, 0.3) is 0 Å². The smallest absolute Gasteiger partial charge is 0.242 e. The molecule has 4 nitrogen and oxygen atoms in total. The summed E-state index contributed by atoms with van der Waals surface area (Å²) < 4.78 is 0. The zero-order valence-corrected chi connectivity index (χ0v) is 20.9. The molecule has 1 unspecified atom stereocenters.